The normalized spacial score (nSPS) is 11.3. The fourth-order valence-electron chi connectivity index (χ4n) is 3.41. The zero-order valence-corrected chi connectivity index (χ0v) is 14.8. The zero-order chi connectivity index (χ0) is 17.9. The summed E-state index contributed by atoms with van der Waals surface area (Å²) in [7, 11) is 2.02. The van der Waals surface area contributed by atoms with Gasteiger partial charge < -0.3 is 14.9 Å². The predicted molar refractivity (Wildman–Crippen MR) is 104 cm³/mol. The van der Waals surface area contributed by atoms with E-state index in [1.165, 1.54) is 10.9 Å². The van der Waals surface area contributed by atoms with E-state index >= 15 is 0 Å². The van der Waals surface area contributed by atoms with Crippen molar-refractivity contribution in [3.63, 3.8) is 0 Å². The highest BCUT2D eigenvalue weighted by Crippen LogP contribution is 2.19. The number of imidazole rings is 1. The number of nitrogens with one attached hydrogen (secondary N) is 2. The maximum atomic E-state index is 12.2. The second-order valence-electron chi connectivity index (χ2n) is 6.54. The molecule has 0 atom stereocenters. The van der Waals surface area contributed by atoms with Crippen LogP contribution < -0.4 is 5.32 Å². The lowest BCUT2D eigenvalue weighted by Gasteiger charge is -2.05. The summed E-state index contributed by atoms with van der Waals surface area (Å²) in [5, 5.41) is 4.21. The molecule has 0 spiro atoms. The van der Waals surface area contributed by atoms with Crippen LogP contribution in [-0.4, -0.2) is 27.0 Å². The van der Waals surface area contributed by atoms with Crippen molar-refractivity contribution in [2.75, 3.05) is 6.54 Å². The number of nitrogens with zero attached hydrogens (tertiary/aromatic N) is 2. The van der Waals surface area contributed by atoms with E-state index in [1.54, 1.807) is 0 Å². The van der Waals surface area contributed by atoms with E-state index in [0.717, 1.165) is 35.2 Å². The van der Waals surface area contributed by atoms with Gasteiger partial charge in [0.1, 0.15) is 5.82 Å². The topological polar surface area (TPSA) is 62.7 Å². The van der Waals surface area contributed by atoms with Crippen LogP contribution in [0.25, 0.3) is 21.9 Å². The molecule has 0 aliphatic heterocycles. The molecule has 0 aliphatic carbocycles. The molecular formula is C21H22N4O. The number of rotatable bonds is 6. The van der Waals surface area contributed by atoms with Crippen molar-refractivity contribution in [2.24, 2.45) is 7.05 Å². The summed E-state index contributed by atoms with van der Waals surface area (Å²) in [6.07, 6.45) is 3.95. The van der Waals surface area contributed by atoms with Crippen LogP contribution in [0.4, 0.5) is 0 Å². The summed E-state index contributed by atoms with van der Waals surface area (Å²) in [5.74, 6) is 1.07. The maximum Gasteiger partial charge on any atom is 0.220 e. The Morgan fingerprint density at radius 2 is 1.92 bits per heavy atom. The second kappa shape index (κ2) is 7.04. The highest BCUT2D eigenvalue weighted by atomic mass is 16.1. The molecular weight excluding hydrogens is 324 g/mol. The van der Waals surface area contributed by atoms with E-state index in [2.05, 4.69) is 38.1 Å². The van der Waals surface area contributed by atoms with Crippen molar-refractivity contribution >= 4 is 27.8 Å². The van der Waals surface area contributed by atoms with Crippen molar-refractivity contribution in [1.82, 2.24) is 19.9 Å². The lowest BCUT2D eigenvalue weighted by molar-refractivity contribution is -0.121. The summed E-state index contributed by atoms with van der Waals surface area (Å²) >= 11 is 0. The number of hydrogen-bond donors (Lipinski definition) is 2. The first-order chi connectivity index (χ1) is 12.7. The summed E-state index contributed by atoms with van der Waals surface area (Å²) in [4.78, 5) is 20.1. The van der Waals surface area contributed by atoms with Gasteiger partial charge in [-0.15, -0.1) is 0 Å². The SMILES string of the molecule is Cn1c(CCNC(=O)CCc2c[nH]c3ccccc23)nc2ccccc21. The van der Waals surface area contributed by atoms with Crippen LogP contribution in [-0.2, 0) is 24.7 Å². The molecule has 0 radical (unpaired) electrons. The highest BCUT2D eigenvalue weighted by Gasteiger charge is 2.09. The Hall–Kier alpha value is -3.08. The van der Waals surface area contributed by atoms with Crippen LogP contribution in [0.5, 0.6) is 0 Å². The van der Waals surface area contributed by atoms with Crippen LogP contribution in [0.3, 0.4) is 0 Å². The van der Waals surface area contributed by atoms with E-state index in [4.69, 9.17) is 0 Å². The van der Waals surface area contributed by atoms with E-state index in [-0.39, 0.29) is 5.91 Å². The third-order valence-electron chi connectivity index (χ3n) is 4.85. The van der Waals surface area contributed by atoms with Gasteiger partial charge in [-0.05, 0) is 30.2 Å². The standard InChI is InChI=1S/C21H22N4O/c1-25-19-9-5-4-8-18(19)24-20(25)12-13-22-21(26)11-10-15-14-23-17-7-3-2-6-16(15)17/h2-9,14,23H,10-13H2,1H3,(H,22,26). The first-order valence-corrected chi connectivity index (χ1v) is 8.94. The van der Waals surface area contributed by atoms with Gasteiger partial charge in [-0.1, -0.05) is 30.3 Å². The molecule has 5 nitrogen and oxygen atoms in total. The number of aryl methyl sites for hydroxylation is 2. The maximum absolute atomic E-state index is 12.2. The number of H-pyrrole nitrogens is 1. The lowest BCUT2D eigenvalue weighted by Crippen LogP contribution is -2.26. The molecule has 0 fully saturated rings. The van der Waals surface area contributed by atoms with Gasteiger partial charge in [0.15, 0.2) is 0 Å². The summed E-state index contributed by atoms with van der Waals surface area (Å²) in [6, 6.07) is 16.3. The molecule has 0 bridgehead atoms. The van der Waals surface area contributed by atoms with E-state index in [1.807, 2.05) is 43.6 Å². The van der Waals surface area contributed by atoms with Crippen molar-refractivity contribution in [1.29, 1.82) is 0 Å². The third kappa shape index (κ3) is 3.20. The number of amides is 1. The molecule has 1 amide bonds. The van der Waals surface area contributed by atoms with Crippen LogP contribution in [0.15, 0.2) is 54.7 Å². The molecule has 4 rings (SSSR count). The first-order valence-electron chi connectivity index (χ1n) is 8.94. The van der Waals surface area contributed by atoms with Crippen LogP contribution in [0.2, 0.25) is 0 Å². The van der Waals surface area contributed by atoms with Gasteiger partial charge >= 0.3 is 0 Å². The van der Waals surface area contributed by atoms with E-state index < -0.39 is 0 Å². The number of fused-ring (bicyclic) bond motifs is 2. The molecule has 2 N–H and O–H groups in total. The van der Waals surface area contributed by atoms with Crippen LogP contribution in [0, 0.1) is 0 Å². The predicted octanol–water partition coefficient (Wildman–Crippen LogP) is 3.35. The number of hydrogen-bond acceptors (Lipinski definition) is 2. The fraction of sp³-hybridized carbons (Fsp3) is 0.238. The number of carbonyl (C=O) groups excluding carboxylic acids is 1. The van der Waals surface area contributed by atoms with E-state index in [9.17, 15) is 4.79 Å². The smallest absolute Gasteiger partial charge is 0.220 e. The Bertz CT molecular complexity index is 1060. The first kappa shape index (κ1) is 16.4. The molecule has 2 aromatic carbocycles. The molecule has 2 heterocycles. The Labute approximate surface area is 152 Å². The van der Waals surface area contributed by atoms with Crippen molar-refractivity contribution < 1.29 is 4.79 Å². The third-order valence-corrected chi connectivity index (χ3v) is 4.85. The molecule has 26 heavy (non-hydrogen) atoms. The Balaban J connectivity index is 1.30. The van der Waals surface area contributed by atoms with Gasteiger partial charge in [-0.25, -0.2) is 4.98 Å². The van der Waals surface area contributed by atoms with Crippen molar-refractivity contribution in [2.45, 2.75) is 19.3 Å². The molecule has 2 aromatic heterocycles. The summed E-state index contributed by atoms with van der Waals surface area (Å²) < 4.78 is 2.09. The molecule has 0 aliphatic rings. The van der Waals surface area contributed by atoms with Gasteiger partial charge in [0.25, 0.3) is 0 Å². The molecule has 132 valence electrons. The van der Waals surface area contributed by atoms with Crippen molar-refractivity contribution in [3.05, 3.63) is 66.1 Å². The number of aromatic amines is 1. The van der Waals surface area contributed by atoms with Gasteiger partial charge in [0, 0.05) is 43.5 Å². The minimum absolute atomic E-state index is 0.0778. The van der Waals surface area contributed by atoms with Crippen LogP contribution in [0.1, 0.15) is 17.8 Å². The minimum Gasteiger partial charge on any atom is -0.361 e. The fourth-order valence-corrected chi connectivity index (χ4v) is 3.41. The summed E-state index contributed by atoms with van der Waals surface area (Å²) in [6.45, 7) is 0.601. The molecule has 0 unspecified atom stereocenters. The second-order valence-corrected chi connectivity index (χ2v) is 6.54. The Kier molecular flexibility index (Phi) is 4.44. The van der Waals surface area contributed by atoms with Gasteiger partial charge in [-0.2, -0.15) is 0 Å². The lowest BCUT2D eigenvalue weighted by atomic mass is 10.1. The average Bonchev–Trinajstić information content (AvgIpc) is 3.22. The average molecular weight is 346 g/mol. The molecule has 5 heteroatoms. The monoisotopic (exact) mass is 346 g/mol. The summed E-state index contributed by atoms with van der Waals surface area (Å²) in [5.41, 5.74) is 4.42. The molecule has 4 aromatic rings. The Morgan fingerprint density at radius 1 is 1.12 bits per heavy atom. The van der Waals surface area contributed by atoms with Gasteiger partial charge in [0.05, 0.1) is 11.0 Å². The number of benzene rings is 2. The largest absolute Gasteiger partial charge is 0.361 e. The van der Waals surface area contributed by atoms with Crippen molar-refractivity contribution in [3.8, 4) is 0 Å². The number of aromatic nitrogens is 3. The minimum atomic E-state index is 0.0778. The molecule has 0 saturated heterocycles. The zero-order valence-electron chi connectivity index (χ0n) is 14.8. The van der Waals surface area contributed by atoms with Gasteiger partial charge in [-0.3, -0.25) is 4.79 Å². The Morgan fingerprint density at radius 3 is 2.81 bits per heavy atom. The highest BCUT2D eigenvalue weighted by molar-refractivity contribution is 5.84. The van der Waals surface area contributed by atoms with Gasteiger partial charge in [0.2, 0.25) is 5.91 Å². The number of carbonyl (C=O) groups is 1. The number of para-hydroxylation sites is 3. The molecule has 0 saturated carbocycles. The van der Waals surface area contributed by atoms with E-state index in [0.29, 0.717) is 13.0 Å². The van der Waals surface area contributed by atoms with Crippen LogP contribution >= 0.6 is 0 Å². The quantitative estimate of drug-likeness (QED) is 0.562.